The maximum Gasteiger partial charge on any atom is 0.266 e. The number of hydrogen-bond acceptors (Lipinski definition) is 4. The minimum atomic E-state index is -0.546. The van der Waals surface area contributed by atoms with Crippen LogP contribution in [0.25, 0.3) is 6.08 Å². The molecule has 0 atom stereocenters. The van der Waals surface area contributed by atoms with Gasteiger partial charge in [0.25, 0.3) is 5.91 Å². The number of carbonyl (C=O) groups excluding carboxylic acids is 1. The summed E-state index contributed by atoms with van der Waals surface area (Å²) in [5.41, 5.74) is 1.68. The van der Waals surface area contributed by atoms with E-state index in [2.05, 4.69) is 5.32 Å². The Bertz CT molecular complexity index is 1150. The molecule has 0 aliphatic carbocycles. The van der Waals surface area contributed by atoms with E-state index in [0.29, 0.717) is 33.3 Å². The van der Waals surface area contributed by atoms with Gasteiger partial charge >= 0.3 is 0 Å². The van der Waals surface area contributed by atoms with Crippen LogP contribution in [0.2, 0.25) is 5.02 Å². The Labute approximate surface area is 184 Å². The summed E-state index contributed by atoms with van der Waals surface area (Å²) in [5, 5.41) is 12.4. The SMILES string of the molecule is COc1ccc(NC(=O)/C(C#N)=C/c2ccc(OCc3cccc(F)c3)c(Cl)c2)cc1. The van der Waals surface area contributed by atoms with Crippen molar-refractivity contribution in [2.24, 2.45) is 0 Å². The number of nitrogens with one attached hydrogen (secondary N) is 1. The summed E-state index contributed by atoms with van der Waals surface area (Å²) in [7, 11) is 1.55. The number of anilines is 1. The molecule has 0 heterocycles. The molecule has 156 valence electrons. The van der Waals surface area contributed by atoms with Crippen LogP contribution in [0.5, 0.6) is 11.5 Å². The van der Waals surface area contributed by atoms with Crippen molar-refractivity contribution in [1.29, 1.82) is 5.26 Å². The van der Waals surface area contributed by atoms with Gasteiger partial charge in [-0.1, -0.05) is 29.8 Å². The first-order valence-corrected chi connectivity index (χ1v) is 9.60. The van der Waals surface area contributed by atoms with Gasteiger partial charge in [0.15, 0.2) is 0 Å². The van der Waals surface area contributed by atoms with E-state index >= 15 is 0 Å². The molecule has 0 aliphatic rings. The van der Waals surface area contributed by atoms with Crippen LogP contribution in [0.1, 0.15) is 11.1 Å². The van der Waals surface area contributed by atoms with E-state index in [0.717, 1.165) is 0 Å². The molecule has 0 bridgehead atoms. The van der Waals surface area contributed by atoms with Crippen LogP contribution in [0.4, 0.5) is 10.1 Å². The quantitative estimate of drug-likeness (QED) is 0.386. The van der Waals surface area contributed by atoms with Gasteiger partial charge in [-0.25, -0.2) is 4.39 Å². The number of methoxy groups -OCH3 is 1. The van der Waals surface area contributed by atoms with Crippen LogP contribution >= 0.6 is 11.6 Å². The third kappa shape index (κ3) is 6.08. The Morgan fingerprint density at radius 1 is 1.16 bits per heavy atom. The molecule has 0 radical (unpaired) electrons. The third-order valence-corrected chi connectivity index (χ3v) is 4.56. The highest BCUT2D eigenvalue weighted by molar-refractivity contribution is 6.32. The van der Waals surface area contributed by atoms with Crippen molar-refractivity contribution in [3.63, 3.8) is 0 Å². The van der Waals surface area contributed by atoms with Crippen LogP contribution in [-0.2, 0) is 11.4 Å². The molecule has 0 aliphatic heterocycles. The van der Waals surface area contributed by atoms with Crippen molar-refractivity contribution in [2.45, 2.75) is 6.61 Å². The lowest BCUT2D eigenvalue weighted by molar-refractivity contribution is -0.112. The second kappa shape index (κ2) is 10.3. The Morgan fingerprint density at radius 3 is 2.58 bits per heavy atom. The fourth-order valence-corrected chi connectivity index (χ4v) is 2.94. The average molecular weight is 437 g/mol. The highest BCUT2D eigenvalue weighted by atomic mass is 35.5. The zero-order valence-electron chi connectivity index (χ0n) is 16.6. The molecular weight excluding hydrogens is 419 g/mol. The molecule has 5 nitrogen and oxygen atoms in total. The average Bonchev–Trinajstić information content (AvgIpc) is 2.77. The van der Waals surface area contributed by atoms with Crippen LogP contribution in [0.3, 0.4) is 0 Å². The van der Waals surface area contributed by atoms with Gasteiger partial charge in [0.1, 0.15) is 35.6 Å². The lowest BCUT2D eigenvalue weighted by atomic mass is 10.1. The summed E-state index contributed by atoms with van der Waals surface area (Å²) in [6.45, 7) is 0.153. The molecule has 0 saturated heterocycles. The Balaban J connectivity index is 1.69. The Hall–Kier alpha value is -3.82. The Morgan fingerprint density at radius 2 is 1.94 bits per heavy atom. The number of nitriles is 1. The number of benzene rings is 3. The molecular formula is C24H18ClFN2O3. The summed E-state index contributed by atoms with van der Waals surface area (Å²) in [5.74, 6) is 0.174. The number of nitrogens with zero attached hydrogens (tertiary/aromatic N) is 1. The molecule has 3 aromatic rings. The van der Waals surface area contributed by atoms with E-state index in [4.69, 9.17) is 21.1 Å². The topological polar surface area (TPSA) is 71.3 Å². The van der Waals surface area contributed by atoms with Gasteiger partial charge in [-0.3, -0.25) is 4.79 Å². The molecule has 0 spiro atoms. The number of ether oxygens (including phenoxy) is 2. The summed E-state index contributed by atoms with van der Waals surface area (Å²) < 4.78 is 24.0. The molecule has 0 fully saturated rings. The summed E-state index contributed by atoms with van der Waals surface area (Å²) in [6.07, 6.45) is 1.43. The lowest BCUT2D eigenvalue weighted by Crippen LogP contribution is -2.13. The van der Waals surface area contributed by atoms with E-state index in [-0.39, 0.29) is 18.0 Å². The third-order valence-electron chi connectivity index (χ3n) is 4.26. The first kappa shape index (κ1) is 21.9. The van der Waals surface area contributed by atoms with Gasteiger partial charge in [-0.15, -0.1) is 0 Å². The molecule has 31 heavy (non-hydrogen) atoms. The first-order chi connectivity index (χ1) is 15.0. The maximum atomic E-state index is 13.3. The van der Waals surface area contributed by atoms with E-state index in [1.165, 1.54) is 18.2 Å². The second-order valence-corrected chi connectivity index (χ2v) is 6.87. The zero-order chi connectivity index (χ0) is 22.2. The number of halogens is 2. The van der Waals surface area contributed by atoms with Crippen molar-refractivity contribution < 1.29 is 18.7 Å². The van der Waals surface area contributed by atoms with Crippen LogP contribution in [0, 0.1) is 17.1 Å². The molecule has 1 N–H and O–H groups in total. The minimum Gasteiger partial charge on any atom is -0.497 e. The van der Waals surface area contributed by atoms with Crippen molar-refractivity contribution in [3.05, 3.63) is 94.3 Å². The van der Waals surface area contributed by atoms with Crippen molar-refractivity contribution in [3.8, 4) is 17.6 Å². The van der Waals surface area contributed by atoms with Gasteiger partial charge in [0, 0.05) is 5.69 Å². The molecule has 0 aromatic heterocycles. The lowest BCUT2D eigenvalue weighted by Gasteiger charge is -2.09. The summed E-state index contributed by atoms with van der Waals surface area (Å²) >= 11 is 6.27. The molecule has 1 amide bonds. The summed E-state index contributed by atoms with van der Waals surface area (Å²) in [4.78, 5) is 12.4. The number of hydrogen-bond donors (Lipinski definition) is 1. The first-order valence-electron chi connectivity index (χ1n) is 9.22. The Kier molecular flexibility index (Phi) is 7.26. The smallest absolute Gasteiger partial charge is 0.266 e. The predicted molar refractivity (Wildman–Crippen MR) is 117 cm³/mol. The maximum absolute atomic E-state index is 13.3. The van der Waals surface area contributed by atoms with E-state index in [1.807, 2.05) is 6.07 Å². The fraction of sp³-hybridized carbons (Fsp3) is 0.0833. The second-order valence-electron chi connectivity index (χ2n) is 6.46. The zero-order valence-corrected chi connectivity index (χ0v) is 17.3. The van der Waals surface area contributed by atoms with Crippen molar-refractivity contribution in [2.75, 3.05) is 12.4 Å². The standard InChI is InChI=1S/C24H18ClFN2O3/c1-30-21-8-6-20(7-9-21)28-24(29)18(14-27)11-16-5-10-23(22(25)13-16)31-15-17-3-2-4-19(26)12-17/h2-13H,15H2,1H3,(H,28,29)/b18-11+. The van der Waals surface area contributed by atoms with E-state index in [9.17, 15) is 14.4 Å². The van der Waals surface area contributed by atoms with Crippen LogP contribution in [-0.4, -0.2) is 13.0 Å². The van der Waals surface area contributed by atoms with Gasteiger partial charge in [0.2, 0.25) is 0 Å². The normalized spacial score (nSPS) is 10.8. The van der Waals surface area contributed by atoms with Crippen LogP contribution < -0.4 is 14.8 Å². The molecule has 0 saturated carbocycles. The number of rotatable bonds is 7. The van der Waals surface area contributed by atoms with E-state index in [1.54, 1.807) is 61.7 Å². The monoisotopic (exact) mass is 436 g/mol. The van der Waals surface area contributed by atoms with Gasteiger partial charge in [0.05, 0.1) is 12.1 Å². The van der Waals surface area contributed by atoms with Crippen molar-refractivity contribution >= 4 is 29.3 Å². The van der Waals surface area contributed by atoms with Gasteiger partial charge in [-0.2, -0.15) is 5.26 Å². The largest absolute Gasteiger partial charge is 0.497 e. The highest BCUT2D eigenvalue weighted by Gasteiger charge is 2.11. The fourth-order valence-electron chi connectivity index (χ4n) is 2.70. The number of amides is 1. The van der Waals surface area contributed by atoms with Gasteiger partial charge < -0.3 is 14.8 Å². The van der Waals surface area contributed by atoms with Gasteiger partial charge in [-0.05, 0) is 65.7 Å². The van der Waals surface area contributed by atoms with Crippen molar-refractivity contribution in [1.82, 2.24) is 0 Å². The van der Waals surface area contributed by atoms with E-state index < -0.39 is 5.91 Å². The molecule has 7 heteroatoms. The van der Waals surface area contributed by atoms with Crippen LogP contribution in [0.15, 0.2) is 72.3 Å². The summed E-state index contributed by atoms with van der Waals surface area (Å²) in [6, 6.07) is 19.6. The number of carbonyl (C=O) groups is 1. The highest BCUT2D eigenvalue weighted by Crippen LogP contribution is 2.27. The molecule has 0 unspecified atom stereocenters. The molecule has 3 aromatic carbocycles. The predicted octanol–water partition coefficient (Wildman–Crippen LogP) is 5.61. The molecule has 3 rings (SSSR count). The minimum absolute atomic E-state index is 0.0830.